The highest BCUT2D eigenvalue weighted by molar-refractivity contribution is 6.31. The Morgan fingerprint density at radius 3 is 2.70 bits per heavy atom. The molecule has 3 N–H and O–H groups in total. The monoisotopic (exact) mass is 390 g/mol. The summed E-state index contributed by atoms with van der Waals surface area (Å²) in [4.78, 5) is 34.7. The van der Waals surface area contributed by atoms with Crippen molar-refractivity contribution in [3.8, 4) is 11.1 Å². The van der Waals surface area contributed by atoms with Gasteiger partial charge in [0.2, 0.25) is 5.90 Å². The zero-order valence-electron chi connectivity index (χ0n) is 13.9. The molecule has 140 valence electrons. The molecule has 0 fully saturated rings. The third-order valence-corrected chi connectivity index (χ3v) is 4.01. The summed E-state index contributed by atoms with van der Waals surface area (Å²) in [6.07, 6.45) is 1.77. The highest BCUT2D eigenvalue weighted by atomic mass is 35.5. The van der Waals surface area contributed by atoms with Crippen molar-refractivity contribution in [3.63, 3.8) is 0 Å². The predicted molar refractivity (Wildman–Crippen MR) is 99.4 cm³/mol. The molecular weight excluding hydrogens is 376 g/mol. The molecule has 9 nitrogen and oxygen atoms in total. The van der Waals surface area contributed by atoms with Gasteiger partial charge in [-0.15, -0.1) is 4.91 Å². The highest BCUT2D eigenvalue weighted by Crippen LogP contribution is 2.27. The van der Waals surface area contributed by atoms with E-state index in [2.05, 4.69) is 5.18 Å². The molecule has 1 heterocycles. The van der Waals surface area contributed by atoms with Crippen molar-refractivity contribution in [3.05, 3.63) is 62.4 Å². The molecule has 1 unspecified atom stereocenters. The summed E-state index contributed by atoms with van der Waals surface area (Å²) in [5.74, 6) is -1.37. The lowest BCUT2D eigenvalue weighted by Gasteiger charge is -2.16. The number of benzene rings is 1. The molecule has 0 radical (unpaired) electrons. The SMILES string of the molecule is N=COC(=N)c1ccc(Cl)cc1-c1ccn(C(CCO)C(=O)N=O)c(=O)c1. The van der Waals surface area contributed by atoms with Crippen LogP contribution >= 0.6 is 11.6 Å². The van der Waals surface area contributed by atoms with Gasteiger partial charge in [0.25, 0.3) is 5.56 Å². The first kappa shape index (κ1) is 20.1. The molecule has 2 rings (SSSR count). The molecule has 0 spiro atoms. The third kappa shape index (κ3) is 4.52. The number of nitrogens with one attached hydrogen (secondary N) is 2. The number of aliphatic hydroxyl groups excluding tert-OH is 1. The number of amides is 1. The van der Waals surface area contributed by atoms with E-state index in [4.69, 9.17) is 32.3 Å². The van der Waals surface area contributed by atoms with Gasteiger partial charge in [-0.25, -0.2) is 0 Å². The van der Waals surface area contributed by atoms with Crippen LogP contribution < -0.4 is 5.56 Å². The van der Waals surface area contributed by atoms with Gasteiger partial charge >= 0.3 is 5.91 Å². The van der Waals surface area contributed by atoms with Crippen LogP contribution in [0.25, 0.3) is 11.1 Å². The van der Waals surface area contributed by atoms with Crippen LogP contribution in [0.5, 0.6) is 0 Å². The summed E-state index contributed by atoms with van der Waals surface area (Å²) in [5, 5.41) is 26.6. The number of ether oxygens (including phenoxy) is 1. The van der Waals surface area contributed by atoms with Gasteiger partial charge in [-0.05, 0) is 35.4 Å². The van der Waals surface area contributed by atoms with Crippen LogP contribution in [0.1, 0.15) is 18.0 Å². The molecule has 27 heavy (non-hydrogen) atoms. The first-order valence-corrected chi connectivity index (χ1v) is 8.05. The van der Waals surface area contributed by atoms with E-state index >= 15 is 0 Å². The molecule has 0 aliphatic heterocycles. The van der Waals surface area contributed by atoms with Crippen LogP contribution in [0.2, 0.25) is 5.02 Å². The number of halogens is 1. The number of nitrogens with zero attached hydrogens (tertiary/aromatic N) is 2. The first-order valence-electron chi connectivity index (χ1n) is 7.67. The van der Waals surface area contributed by atoms with Gasteiger partial charge in [0.05, 0.1) is 0 Å². The fraction of sp³-hybridized carbons (Fsp3) is 0.176. The Balaban J connectivity index is 2.55. The van der Waals surface area contributed by atoms with E-state index in [-0.39, 0.29) is 12.3 Å². The van der Waals surface area contributed by atoms with Gasteiger partial charge in [0.15, 0.2) is 6.40 Å². The Hall–Kier alpha value is -3.17. The summed E-state index contributed by atoms with van der Waals surface area (Å²) in [5.41, 5.74) is 0.504. The molecule has 1 aromatic carbocycles. The van der Waals surface area contributed by atoms with E-state index in [1.165, 1.54) is 36.5 Å². The molecule has 10 heteroatoms. The lowest BCUT2D eigenvalue weighted by atomic mass is 10.00. The largest absolute Gasteiger partial charge is 0.428 e. The van der Waals surface area contributed by atoms with E-state index in [0.29, 0.717) is 28.1 Å². The molecule has 0 aliphatic carbocycles. The van der Waals surface area contributed by atoms with E-state index in [9.17, 15) is 14.5 Å². The Kier molecular flexibility index (Phi) is 6.69. The number of pyridine rings is 1. The van der Waals surface area contributed by atoms with Crippen molar-refractivity contribution in [2.45, 2.75) is 12.5 Å². The topological polar surface area (TPSA) is 146 Å². The van der Waals surface area contributed by atoms with E-state index in [1.807, 2.05) is 0 Å². The van der Waals surface area contributed by atoms with Gasteiger partial charge in [-0.3, -0.25) is 20.4 Å². The van der Waals surface area contributed by atoms with Crippen LogP contribution in [0.4, 0.5) is 0 Å². The number of hydrogen-bond donors (Lipinski definition) is 3. The number of carbonyl (C=O) groups excluding carboxylic acids is 1. The van der Waals surface area contributed by atoms with E-state index in [1.54, 1.807) is 0 Å². The molecule has 0 saturated carbocycles. The summed E-state index contributed by atoms with van der Waals surface area (Å²) in [6, 6.07) is 6.08. The second-order valence-corrected chi connectivity index (χ2v) is 5.81. The average Bonchev–Trinajstić information content (AvgIpc) is 2.66. The maximum atomic E-state index is 12.5. The first-order chi connectivity index (χ1) is 12.9. The molecule has 1 aromatic heterocycles. The van der Waals surface area contributed by atoms with Crippen molar-refractivity contribution in [1.29, 1.82) is 10.8 Å². The van der Waals surface area contributed by atoms with Crippen LogP contribution in [-0.4, -0.2) is 34.5 Å². The van der Waals surface area contributed by atoms with Gasteiger partial charge in [0, 0.05) is 41.1 Å². The van der Waals surface area contributed by atoms with Crippen LogP contribution in [0.15, 0.2) is 46.5 Å². The molecule has 0 bridgehead atoms. The summed E-state index contributed by atoms with van der Waals surface area (Å²) >= 11 is 6.01. The van der Waals surface area contributed by atoms with Crippen molar-refractivity contribution in [2.75, 3.05) is 6.61 Å². The van der Waals surface area contributed by atoms with Gasteiger partial charge in [0.1, 0.15) is 6.04 Å². The highest BCUT2D eigenvalue weighted by Gasteiger charge is 2.22. The minimum Gasteiger partial charge on any atom is -0.428 e. The Labute approximate surface area is 158 Å². The number of hydrogen-bond acceptors (Lipinski definition) is 7. The number of carbonyl (C=O) groups is 1. The number of aromatic nitrogens is 1. The quantitative estimate of drug-likeness (QED) is 0.377. The Bertz CT molecular complexity index is 957. The van der Waals surface area contributed by atoms with Gasteiger partial charge in [-0.2, -0.15) is 0 Å². The molecule has 1 atom stereocenters. The van der Waals surface area contributed by atoms with Crippen molar-refractivity contribution in [1.82, 2.24) is 4.57 Å². The number of rotatable bonds is 7. The summed E-state index contributed by atoms with van der Waals surface area (Å²) < 4.78 is 5.79. The Morgan fingerprint density at radius 2 is 2.11 bits per heavy atom. The van der Waals surface area contributed by atoms with Crippen LogP contribution in [0.3, 0.4) is 0 Å². The minimum atomic E-state index is -1.20. The molecule has 0 aliphatic rings. The number of aliphatic hydroxyl groups is 1. The third-order valence-electron chi connectivity index (χ3n) is 3.78. The predicted octanol–water partition coefficient (Wildman–Crippen LogP) is 2.33. The lowest BCUT2D eigenvalue weighted by molar-refractivity contribution is -0.121. The maximum Gasteiger partial charge on any atom is 0.309 e. The zero-order chi connectivity index (χ0) is 20.0. The van der Waals surface area contributed by atoms with E-state index in [0.717, 1.165) is 4.57 Å². The molecule has 2 aromatic rings. The van der Waals surface area contributed by atoms with Crippen molar-refractivity contribution in [2.24, 2.45) is 5.18 Å². The molecular formula is C17H15ClN4O5. The van der Waals surface area contributed by atoms with Crippen LogP contribution in [-0.2, 0) is 9.53 Å². The van der Waals surface area contributed by atoms with Crippen molar-refractivity contribution < 1.29 is 14.6 Å². The lowest BCUT2D eigenvalue weighted by Crippen LogP contribution is -2.29. The van der Waals surface area contributed by atoms with E-state index < -0.39 is 24.1 Å². The van der Waals surface area contributed by atoms with Gasteiger partial charge < -0.3 is 14.4 Å². The fourth-order valence-electron chi connectivity index (χ4n) is 2.56. The average molecular weight is 391 g/mol. The Morgan fingerprint density at radius 1 is 1.37 bits per heavy atom. The number of nitroso groups, excluding NO2 is 1. The summed E-state index contributed by atoms with van der Waals surface area (Å²) in [7, 11) is 0. The van der Waals surface area contributed by atoms with Crippen LogP contribution in [0, 0.1) is 15.7 Å². The standard InChI is InChI=1S/C17H15ClN4O5/c18-11-1-2-12(16(20)27-9-19)13(8-11)10-3-5-22(15(24)7-10)14(4-6-23)17(25)21-26/h1-3,5,7-9,14,19-20,23H,4,6H2. The normalized spacial score (nSPS) is 11.5. The second-order valence-electron chi connectivity index (χ2n) is 5.37. The maximum absolute atomic E-state index is 12.5. The van der Waals surface area contributed by atoms with Gasteiger partial charge in [-0.1, -0.05) is 11.6 Å². The molecule has 1 amide bonds. The van der Waals surface area contributed by atoms with Crippen molar-refractivity contribution >= 4 is 29.8 Å². The second kappa shape index (κ2) is 8.97. The summed E-state index contributed by atoms with van der Waals surface area (Å²) in [6.45, 7) is -0.406. The molecule has 0 saturated heterocycles. The smallest absolute Gasteiger partial charge is 0.309 e. The minimum absolute atomic E-state index is 0.135. The zero-order valence-corrected chi connectivity index (χ0v) is 14.6. The fourth-order valence-corrected chi connectivity index (χ4v) is 2.73.